The van der Waals surface area contributed by atoms with Crippen LogP contribution in [0.25, 0.3) is 0 Å². The Kier molecular flexibility index (Phi) is 8.66. The number of halogens is 3. The molecule has 1 amide bonds. The molecule has 1 aliphatic heterocycles. The molecule has 2 heterocycles. The van der Waals surface area contributed by atoms with Crippen LogP contribution in [0, 0.1) is 5.92 Å². The fourth-order valence-electron chi connectivity index (χ4n) is 2.34. The quantitative estimate of drug-likeness (QED) is 0.824. The van der Waals surface area contributed by atoms with Crippen LogP contribution in [-0.2, 0) is 0 Å². The molecule has 0 aliphatic carbocycles. The second-order valence-electron chi connectivity index (χ2n) is 4.87. The maximum Gasteiger partial charge on any atom is 0.270 e. The van der Waals surface area contributed by atoms with Crippen LogP contribution in [0.3, 0.4) is 0 Å². The van der Waals surface area contributed by atoms with Crippen LogP contribution in [0.2, 0.25) is 0 Å². The topological polar surface area (TPSA) is 54.0 Å². The first-order chi connectivity index (χ1) is 8.58. The van der Waals surface area contributed by atoms with Gasteiger partial charge in [-0.15, -0.1) is 24.8 Å². The molecule has 1 fully saturated rings. The van der Waals surface area contributed by atoms with E-state index in [9.17, 15) is 4.79 Å². The molecule has 3 unspecified atom stereocenters. The number of carbonyl (C=O) groups is 1. The second-order valence-corrected chi connectivity index (χ2v) is 5.79. The van der Waals surface area contributed by atoms with Crippen molar-refractivity contribution in [2.45, 2.75) is 32.4 Å². The molecule has 2 rings (SSSR count). The molecule has 1 aromatic rings. The molecule has 0 radical (unpaired) electrons. The summed E-state index contributed by atoms with van der Waals surface area (Å²) < 4.78 is 0.875. The second kappa shape index (κ2) is 8.82. The van der Waals surface area contributed by atoms with E-state index in [1.54, 1.807) is 12.3 Å². The fourth-order valence-corrected chi connectivity index (χ4v) is 2.58. The minimum Gasteiger partial charge on any atom is -0.346 e. The average molecular weight is 385 g/mol. The Bertz CT molecular complexity index is 420. The van der Waals surface area contributed by atoms with Crippen molar-refractivity contribution in [2.75, 3.05) is 6.54 Å². The van der Waals surface area contributed by atoms with E-state index in [2.05, 4.69) is 45.4 Å². The summed E-state index contributed by atoms with van der Waals surface area (Å²) in [5.74, 6) is 0.385. The number of rotatable bonds is 2. The lowest BCUT2D eigenvalue weighted by atomic mass is 9.89. The van der Waals surface area contributed by atoms with E-state index in [-0.39, 0.29) is 36.8 Å². The summed E-state index contributed by atoms with van der Waals surface area (Å²) in [7, 11) is 0. The largest absolute Gasteiger partial charge is 0.346 e. The molecule has 1 aromatic heterocycles. The summed E-state index contributed by atoms with van der Waals surface area (Å²) in [5.41, 5.74) is 0.461. The van der Waals surface area contributed by atoms with E-state index in [1.807, 2.05) is 6.07 Å². The number of nitrogens with zero attached hydrogens (tertiary/aromatic N) is 1. The van der Waals surface area contributed by atoms with Gasteiger partial charge in [0.25, 0.3) is 5.91 Å². The van der Waals surface area contributed by atoms with Gasteiger partial charge in [0.1, 0.15) is 5.69 Å². The molecular weight excluding hydrogens is 365 g/mol. The standard InChI is InChI=1S/C13H18BrN3O.2ClH/c1-8-5-6-15-9(2)12(8)17-13(18)11-4-3-10(14)7-16-11;;/h3-4,7-9,12,15H,5-6H2,1-2H3,(H,17,18);2*1H. The van der Waals surface area contributed by atoms with Crippen molar-refractivity contribution in [3.63, 3.8) is 0 Å². The smallest absolute Gasteiger partial charge is 0.270 e. The zero-order valence-electron chi connectivity index (χ0n) is 11.4. The first kappa shape index (κ1) is 19.6. The van der Waals surface area contributed by atoms with Gasteiger partial charge in [0.2, 0.25) is 0 Å². The summed E-state index contributed by atoms with van der Waals surface area (Å²) in [4.78, 5) is 16.2. The molecule has 0 aromatic carbocycles. The molecule has 0 bridgehead atoms. The Morgan fingerprint density at radius 1 is 1.40 bits per heavy atom. The van der Waals surface area contributed by atoms with Crippen molar-refractivity contribution in [1.29, 1.82) is 0 Å². The van der Waals surface area contributed by atoms with E-state index in [1.165, 1.54) is 0 Å². The third-order valence-corrected chi connectivity index (χ3v) is 3.94. The number of aromatic nitrogens is 1. The molecule has 7 heteroatoms. The summed E-state index contributed by atoms with van der Waals surface area (Å²) in [6.45, 7) is 5.30. The van der Waals surface area contributed by atoms with Gasteiger partial charge >= 0.3 is 0 Å². The molecule has 114 valence electrons. The third kappa shape index (κ3) is 4.88. The van der Waals surface area contributed by atoms with Crippen molar-refractivity contribution >= 4 is 46.7 Å². The first-order valence-corrected chi connectivity index (χ1v) is 7.03. The molecular formula is C13H20BrCl2N3O. The Labute approximate surface area is 140 Å². The lowest BCUT2D eigenvalue weighted by molar-refractivity contribution is 0.0892. The Morgan fingerprint density at radius 2 is 2.10 bits per heavy atom. The molecule has 3 atom stereocenters. The van der Waals surface area contributed by atoms with Crippen LogP contribution in [0.5, 0.6) is 0 Å². The maximum absolute atomic E-state index is 12.1. The van der Waals surface area contributed by atoms with Crippen molar-refractivity contribution < 1.29 is 4.79 Å². The highest BCUT2D eigenvalue weighted by Gasteiger charge is 2.29. The lowest BCUT2D eigenvalue weighted by Gasteiger charge is -2.35. The van der Waals surface area contributed by atoms with E-state index in [4.69, 9.17) is 0 Å². The molecule has 4 nitrogen and oxygen atoms in total. The van der Waals surface area contributed by atoms with Gasteiger partial charge < -0.3 is 10.6 Å². The van der Waals surface area contributed by atoms with Crippen LogP contribution in [0.15, 0.2) is 22.8 Å². The number of hydrogen-bond acceptors (Lipinski definition) is 3. The number of carbonyl (C=O) groups excluding carboxylic acids is 1. The summed E-state index contributed by atoms with van der Waals surface area (Å²) in [6.07, 6.45) is 2.73. The Balaban J connectivity index is 0.00000180. The Morgan fingerprint density at radius 3 is 2.65 bits per heavy atom. The van der Waals surface area contributed by atoms with Gasteiger partial charge in [0, 0.05) is 22.8 Å². The summed E-state index contributed by atoms with van der Waals surface area (Å²) in [5, 5.41) is 6.46. The summed E-state index contributed by atoms with van der Waals surface area (Å²) >= 11 is 3.31. The van der Waals surface area contributed by atoms with Crippen LogP contribution >= 0.6 is 40.7 Å². The van der Waals surface area contributed by atoms with E-state index < -0.39 is 0 Å². The minimum absolute atomic E-state index is 0. The monoisotopic (exact) mass is 383 g/mol. The molecule has 20 heavy (non-hydrogen) atoms. The van der Waals surface area contributed by atoms with E-state index >= 15 is 0 Å². The highest BCUT2D eigenvalue weighted by atomic mass is 79.9. The SMILES string of the molecule is CC1CCNC(C)C1NC(=O)c1ccc(Br)cn1.Cl.Cl. The molecule has 0 saturated carbocycles. The minimum atomic E-state index is -0.102. The normalized spacial score (nSPS) is 25.1. The number of pyridine rings is 1. The van der Waals surface area contributed by atoms with Gasteiger partial charge in [-0.25, -0.2) is 4.98 Å². The van der Waals surface area contributed by atoms with Crippen molar-refractivity contribution in [2.24, 2.45) is 5.92 Å². The third-order valence-electron chi connectivity index (χ3n) is 3.48. The zero-order chi connectivity index (χ0) is 13.1. The van der Waals surface area contributed by atoms with Crippen LogP contribution in [0.4, 0.5) is 0 Å². The van der Waals surface area contributed by atoms with Crippen molar-refractivity contribution in [1.82, 2.24) is 15.6 Å². The maximum atomic E-state index is 12.1. The predicted octanol–water partition coefficient (Wildman–Crippen LogP) is 2.80. The number of amides is 1. The summed E-state index contributed by atoms with van der Waals surface area (Å²) in [6, 6.07) is 4.02. The van der Waals surface area contributed by atoms with Crippen molar-refractivity contribution in [3.8, 4) is 0 Å². The Hall–Kier alpha value is -0.360. The lowest BCUT2D eigenvalue weighted by Crippen LogP contribution is -2.56. The number of hydrogen-bond donors (Lipinski definition) is 2. The van der Waals surface area contributed by atoms with Gasteiger partial charge in [0.05, 0.1) is 0 Å². The highest BCUT2D eigenvalue weighted by Crippen LogP contribution is 2.16. The van der Waals surface area contributed by atoms with Crippen molar-refractivity contribution in [3.05, 3.63) is 28.5 Å². The predicted molar refractivity (Wildman–Crippen MR) is 88.9 cm³/mol. The van der Waals surface area contributed by atoms with Gasteiger partial charge in [-0.1, -0.05) is 6.92 Å². The fraction of sp³-hybridized carbons (Fsp3) is 0.538. The van der Waals surface area contributed by atoms with E-state index in [0.717, 1.165) is 17.4 Å². The van der Waals surface area contributed by atoms with Crippen LogP contribution in [0.1, 0.15) is 30.8 Å². The molecule has 1 saturated heterocycles. The van der Waals surface area contributed by atoms with Gasteiger partial charge in [0.15, 0.2) is 0 Å². The molecule has 1 aliphatic rings. The molecule has 2 N–H and O–H groups in total. The van der Waals surface area contributed by atoms with E-state index in [0.29, 0.717) is 17.7 Å². The average Bonchev–Trinajstić information content (AvgIpc) is 2.34. The van der Waals surface area contributed by atoms with Gasteiger partial charge in [-0.3, -0.25) is 4.79 Å². The first-order valence-electron chi connectivity index (χ1n) is 6.23. The van der Waals surface area contributed by atoms with Gasteiger partial charge in [-0.2, -0.15) is 0 Å². The van der Waals surface area contributed by atoms with Crippen LogP contribution in [-0.4, -0.2) is 29.5 Å². The number of nitrogens with one attached hydrogen (secondary N) is 2. The number of piperidine rings is 1. The highest BCUT2D eigenvalue weighted by molar-refractivity contribution is 9.10. The van der Waals surface area contributed by atoms with Gasteiger partial charge in [-0.05, 0) is 53.9 Å². The van der Waals surface area contributed by atoms with Crippen LogP contribution < -0.4 is 10.6 Å². The molecule has 0 spiro atoms. The zero-order valence-corrected chi connectivity index (χ0v) is 14.6.